The van der Waals surface area contributed by atoms with E-state index in [1.807, 2.05) is 53.1 Å². The lowest BCUT2D eigenvalue weighted by Gasteiger charge is -2.06. The van der Waals surface area contributed by atoms with Crippen LogP contribution in [0, 0.1) is 0 Å². The van der Waals surface area contributed by atoms with Crippen LogP contribution in [-0.4, -0.2) is 19.5 Å². The van der Waals surface area contributed by atoms with Crippen molar-refractivity contribution in [3.63, 3.8) is 0 Å². The fourth-order valence-electron chi connectivity index (χ4n) is 2.52. The van der Waals surface area contributed by atoms with Gasteiger partial charge in [0.25, 0.3) is 0 Å². The number of benzene rings is 2. The van der Waals surface area contributed by atoms with E-state index in [2.05, 4.69) is 27.1 Å². The van der Waals surface area contributed by atoms with Gasteiger partial charge in [0.2, 0.25) is 0 Å². The molecule has 0 saturated carbocycles. The van der Waals surface area contributed by atoms with Gasteiger partial charge in [0, 0.05) is 5.56 Å². The van der Waals surface area contributed by atoms with E-state index in [1.165, 1.54) is 5.56 Å². The summed E-state index contributed by atoms with van der Waals surface area (Å²) in [6.07, 6.45) is 1.76. The van der Waals surface area contributed by atoms with Gasteiger partial charge in [-0.25, -0.2) is 15.0 Å². The summed E-state index contributed by atoms with van der Waals surface area (Å²) in [5, 5.41) is 0.376. The largest absolute Gasteiger partial charge is 0.311 e. The third-order valence-electron chi connectivity index (χ3n) is 3.65. The Bertz CT molecular complexity index is 949. The molecule has 112 valence electrons. The molecule has 4 nitrogen and oxygen atoms in total. The smallest absolute Gasteiger partial charge is 0.165 e. The molecule has 0 radical (unpaired) electrons. The molecule has 4 aromatic rings. The lowest BCUT2D eigenvalue weighted by molar-refractivity contribution is 0.814. The number of rotatable bonds is 3. The Hall–Kier alpha value is -2.72. The minimum Gasteiger partial charge on any atom is -0.311 e. The second kappa shape index (κ2) is 5.82. The molecular formula is C18H13ClN4. The molecular weight excluding hydrogens is 308 g/mol. The molecule has 0 aliphatic carbocycles. The van der Waals surface area contributed by atoms with Crippen molar-refractivity contribution < 1.29 is 0 Å². The molecule has 4 rings (SSSR count). The van der Waals surface area contributed by atoms with Crippen molar-refractivity contribution in [1.29, 1.82) is 0 Å². The summed E-state index contributed by atoms with van der Waals surface area (Å²) in [5.41, 5.74) is 3.49. The lowest BCUT2D eigenvalue weighted by atomic mass is 10.2. The standard InChI is InChI=1S/C18H13ClN4/c19-16-15-18(22-17(21-16)14-9-5-2-6-10-14)23(12-20-15)11-13-7-3-1-4-8-13/h1-10,12H,11H2. The highest BCUT2D eigenvalue weighted by Gasteiger charge is 2.13. The average Bonchev–Trinajstić information content (AvgIpc) is 3.00. The highest BCUT2D eigenvalue weighted by atomic mass is 35.5. The molecule has 5 heteroatoms. The summed E-state index contributed by atoms with van der Waals surface area (Å²) in [6.45, 7) is 0.693. The first kappa shape index (κ1) is 13.9. The Labute approximate surface area is 138 Å². The van der Waals surface area contributed by atoms with Gasteiger partial charge in [0.1, 0.15) is 5.52 Å². The highest BCUT2D eigenvalue weighted by molar-refractivity contribution is 6.33. The van der Waals surface area contributed by atoms with E-state index in [0.717, 1.165) is 11.2 Å². The molecule has 0 unspecified atom stereocenters. The summed E-state index contributed by atoms with van der Waals surface area (Å²) in [5.74, 6) is 0.609. The molecule has 2 aromatic heterocycles. The van der Waals surface area contributed by atoms with Gasteiger partial charge in [0.15, 0.2) is 16.6 Å². The number of hydrogen-bond acceptors (Lipinski definition) is 3. The van der Waals surface area contributed by atoms with E-state index in [1.54, 1.807) is 6.33 Å². The van der Waals surface area contributed by atoms with Crippen LogP contribution >= 0.6 is 11.6 Å². The van der Waals surface area contributed by atoms with Crippen LogP contribution in [0.5, 0.6) is 0 Å². The maximum absolute atomic E-state index is 6.30. The molecule has 23 heavy (non-hydrogen) atoms. The molecule has 0 bridgehead atoms. The average molecular weight is 321 g/mol. The number of aromatic nitrogens is 4. The molecule has 0 aliphatic heterocycles. The molecule has 0 aliphatic rings. The molecule has 0 fully saturated rings. The predicted octanol–water partition coefficient (Wildman–Crippen LogP) is 4.20. The number of imidazole rings is 1. The van der Waals surface area contributed by atoms with Crippen LogP contribution in [0.2, 0.25) is 5.15 Å². The fourth-order valence-corrected chi connectivity index (χ4v) is 2.74. The molecule has 2 aromatic carbocycles. The number of fused-ring (bicyclic) bond motifs is 1. The van der Waals surface area contributed by atoms with Crippen molar-refractivity contribution in [3.8, 4) is 11.4 Å². The Balaban J connectivity index is 1.82. The minimum absolute atomic E-state index is 0.376. The van der Waals surface area contributed by atoms with E-state index in [4.69, 9.17) is 11.6 Å². The van der Waals surface area contributed by atoms with Crippen molar-refractivity contribution in [1.82, 2.24) is 19.5 Å². The minimum atomic E-state index is 0.376. The van der Waals surface area contributed by atoms with Gasteiger partial charge in [-0.15, -0.1) is 0 Å². The monoisotopic (exact) mass is 320 g/mol. The van der Waals surface area contributed by atoms with Crippen LogP contribution in [0.1, 0.15) is 5.56 Å². The Morgan fingerprint density at radius 2 is 1.57 bits per heavy atom. The third-order valence-corrected chi connectivity index (χ3v) is 3.91. The second-order valence-corrected chi connectivity index (χ2v) is 5.59. The Morgan fingerprint density at radius 3 is 2.30 bits per heavy atom. The summed E-state index contributed by atoms with van der Waals surface area (Å²) in [7, 11) is 0. The fraction of sp³-hybridized carbons (Fsp3) is 0.0556. The number of halogens is 1. The van der Waals surface area contributed by atoms with Gasteiger partial charge in [-0.05, 0) is 5.56 Å². The van der Waals surface area contributed by atoms with Crippen LogP contribution in [0.15, 0.2) is 67.0 Å². The van der Waals surface area contributed by atoms with Crippen molar-refractivity contribution in [2.24, 2.45) is 0 Å². The SMILES string of the molecule is Clc1nc(-c2ccccc2)nc2c1ncn2Cc1ccccc1. The predicted molar refractivity (Wildman–Crippen MR) is 91.3 cm³/mol. The van der Waals surface area contributed by atoms with E-state index < -0.39 is 0 Å². The second-order valence-electron chi connectivity index (χ2n) is 5.23. The molecule has 0 amide bonds. The Morgan fingerprint density at radius 1 is 0.870 bits per heavy atom. The quantitative estimate of drug-likeness (QED) is 0.531. The molecule has 0 atom stereocenters. The zero-order valence-electron chi connectivity index (χ0n) is 12.2. The van der Waals surface area contributed by atoms with Crippen LogP contribution in [0.4, 0.5) is 0 Å². The summed E-state index contributed by atoms with van der Waals surface area (Å²) in [4.78, 5) is 13.4. The van der Waals surface area contributed by atoms with Crippen molar-refractivity contribution in [3.05, 3.63) is 77.7 Å². The van der Waals surface area contributed by atoms with Gasteiger partial charge >= 0.3 is 0 Å². The van der Waals surface area contributed by atoms with E-state index in [9.17, 15) is 0 Å². The van der Waals surface area contributed by atoms with Crippen molar-refractivity contribution >= 4 is 22.8 Å². The van der Waals surface area contributed by atoms with E-state index in [-0.39, 0.29) is 0 Å². The van der Waals surface area contributed by atoms with Crippen molar-refractivity contribution in [2.75, 3.05) is 0 Å². The van der Waals surface area contributed by atoms with Crippen LogP contribution in [0.3, 0.4) is 0 Å². The van der Waals surface area contributed by atoms with Crippen LogP contribution < -0.4 is 0 Å². The number of nitrogens with zero attached hydrogens (tertiary/aromatic N) is 4. The van der Waals surface area contributed by atoms with Gasteiger partial charge in [-0.2, -0.15) is 0 Å². The molecule has 0 N–H and O–H groups in total. The van der Waals surface area contributed by atoms with Crippen molar-refractivity contribution in [2.45, 2.75) is 6.54 Å². The molecule has 2 heterocycles. The molecule has 0 saturated heterocycles. The Kier molecular flexibility index (Phi) is 3.52. The zero-order chi connectivity index (χ0) is 15.6. The first-order valence-corrected chi connectivity index (χ1v) is 7.67. The maximum atomic E-state index is 6.30. The van der Waals surface area contributed by atoms with Crippen LogP contribution in [-0.2, 0) is 6.54 Å². The summed E-state index contributed by atoms with van der Waals surface area (Å²) in [6, 6.07) is 20.0. The first-order chi connectivity index (χ1) is 11.3. The zero-order valence-corrected chi connectivity index (χ0v) is 13.0. The van der Waals surface area contributed by atoms with Gasteiger partial charge in [0.05, 0.1) is 12.9 Å². The maximum Gasteiger partial charge on any atom is 0.165 e. The van der Waals surface area contributed by atoms with Crippen LogP contribution in [0.25, 0.3) is 22.6 Å². The van der Waals surface area contributed by atoms with Gasteiger partial charge in [-0.3, -0.25) is 0 Å². The van der Waals surface area contributed by atoms with E-state index >= 15 is 0 Å². The third kappa shape index (κ3) is 2.69. The molecule has 0 spiro atoms. The summed E-state index contributed by atoms with van der Waals surface area (Å²) < 4.78 is 1.99. The lowest BCUT2D eigenvalue weighted by Crippen LogP contribution is -2.00. The topological polar surface area (TPSA) is 43.6 Å². The van der Waals surface area contributed by atoms with E-state index in [0.29, 0.717) is 23.0 Å². The van der Waals surface area contributed by atoms with Gasteiger partial charge < -0.3 is 4.57 Å². The first-order valence-electron chi connectivity index (χ1n) is 7.29. The van der Waals surface area contributed by atoms with Gasteiger partial charge in [-0.1, -0.05) is 72.3 Å². The summed E-state index contributed by atoms with van der Waals surface area (Å²) >= 11 is 6.30. The number of hydrogen-bond donors (Lipinski definition) is 0. The highest BCUT2D eigenvalue weighted by Crippen LogP contribution is 2.24. The normalized spacial score (nSPS) is 11.0.